The fourth-order valence-corrected chi connectivity index (χ4v) is 2.55. The van der Waals surface area contributed by atoms with Gasteiger partial charge in [-0.05, 0) is 42.7 Å². The Bertz CT molecular complexity index is 568. The van der Waals surface area contributed by atoms with E-state index >= 15 is 0 Å². The molecule has 0 spiro atoms. The number of benzene rings is 2. The van der Waals surface area contributed by atoms with Gasteiger partial charge < -0.3 is 5.11 Å². The number of hydrogen-bond acceptors (Lipinski definition) is 1. The molecule has 0 aliphatic rings. The third kappa shape index (κ3) is 4.15. The zero-order valence-corrected chi connectivity index (χ0v) is 12.3. The van der Waals surface area contributed by atoms with E-state index in [-0.39, 0.29) is 5.82 Å². The van der Waals surface area contributed by atoms with Crippen LogP contribution in [0.5, 0.6) is 0 Å². The summed E-state index contributed by atoms with van der Waals surface area (Å²) in [6.07, 6.45) is 0.276. The van der Waals surface area contributed by atoms with Crippen molar-refractivity contribution < 1.29 is 9.50 Å². The van der Waals surface area contributed by atoms with E-state index in [9.17, 15) is 9.50 Å². The van der Waals surface area contributed by atoms with E-state index in [1.54, 1.807) is 12.1 Å². The van der Waals surface area contributed by atoms with E-state index in [4.69, 9.17) is 0 Å². The summed E-state index contributed by atoms with van der Waals surface area (Å²) in [7, 11) is 0. The van der Waals surface area contributed by atoms with Crippen LogP contribution in [-0.4, -0.2) is 11.2 Å². The maximum Gasteiger partial charge on any atom is 0.126 e. The second-order valence-electron chi connectivity index (χ2n) is 4.79. The van der Waals surface area contributed by atoms with Gasteiger partial charge in [-0.2, -0.15) is 0 Å². The molecule has 100 valence electrons. The van der Waals surface area contributed by atoms with Crippen molar-refractivity contribution >= 4 is 15.9 Å². The highest BCUT2D eigenvalue weighted by molar-refractivity contribution is 9.10. The van der Waals surface area contributed by atoms with Crippen LogP contribution in [0.4, 0.5) is 4.39 Å². The second kappa shape index (κ2) is 6.31. The number of rotatable bonds is 4. The van der Waals surface area contributed by atoms with Crippen molar-refractivity contribution in [2.24, 2.45) is 0 Å². The molecule has 0 aromatic heterocycles. The second-order valence-corrected chi connectivity index (χ2v) is 5.70. The van der Waals surface area contributed by atoms with Crippen molar-refractivity contribution in [2.45, 2.75) is 25.9 Å². The SMILES string of the molecule is Cc1cccc(CC(O)Cc2cc(Br)ccc2F)c1. The molecule has 0 saturated heterocycles. The molecule has 0 aliphatic heterocycles. The summed E-state index contributed by atoms with van der Waals surface area (Å²) in [4.78, 5) is 0. The monoisotopic (exact) mass is 322 g/mol. The lowest BCUT2D eigenvalue weighted by atomic mass is 10.00. The normalized spacial score (nSPS) is 12.4. The topological polar surface area (TPSA) is 20.2 Å². The molecule has 19 heavy (non-hydrogen) atoms. The van der Waals surface area contributed by atoms with Crippen molar-refractivity contribution in [2.75, 3.05) is 0 Å². The molecule has 0 fully saturated rings. The summed E-state index contributed by atoms with van der Waals surface area (Å²) in [5, 5.41) is 10.1. The Morgan fingerprint density at radius 2 is 1.95 bits per heavy atom. The summed E-state index contributed by atoms with van der Waals surface area (Å²) in [6.45, 7) is 2.02. The molecule has 1 unspecified atom stereocenters. The predicted molar refractivity (Wildman–Crippen MR) is 78.7 cm³/mol. The first-order valence-electron chi connectivity index (χ1n) is 6.22. The molecule has 2 aromatic rings. The zero-order valence-electron chi connectivity index (χ0n) is 10.7. The van der Waals surface area contributed by atoms with Crippen LogP contribution in [0.3, 0.4) is 0 Å². The van der Waals surface area contributed by atoms with Gasteiger partial charge in [0.05, 0.1) is 6.10 Å². The molecule has 1 N–H and O–H groups in total. The number of hydrogen-bond donors (Lipinski definition) is 1. The molecule has 0 aliphatic carbocycles. The Balaban J connectivity index is 2.05. The lowest BCUT2D eigenvalue weighted by Crippen LogP contribution is -2.15. The largest absolute Gasteiger partial charge is 0.392 e. The summed E-state index contributed by atoms with van der Waals surface area (Å²) >= 11 is 3.31. The molecule has 0 saturated carbocycles. The maximum absolute atomic E-state index is 13.6. The third-order valence-corrected chi connectivity index (χ3v) is 3.51. The molecule has 2 aromatic carbocycles. The summed E-state index contributed by atoms with van der Waals surface area (Å²) in [5.41, 5.74) is 2.77. The summed E-state index contributed by atoms with van der Waals surface area (Å²) in [5.74, 6) is -0.272. The van der Waals surface area contributed by atoms with Gasteiger partial charge in [0, 0.05) is 10.9 Å². The van der Waals surface area contributed by atoms with Gasteiger partial charge in [0.1, 0.15) is 5.82 Å². The average Bonchev–Trinajstić information content (AvgIpc) is 2.34. The van der Waals surface area contributed by atoms with E-state index in [1.165, 1.54) is 11.6 Å². The minimum atomic E-state index is -0.578. The minimum Gasteiger partial charge on any atom is -0.392 e. The van der Waals surface area contributed by atoms with E-state index in [0.717, 1.165) is 10.0 Å². The number of aliphatic hydroxyl groups excluding tert-OH is 1. The van der Waals surface area contributed by atoms with Gasteiger partial charge in [0.25, 0.3) is 0 Å². The Morgan fingerprint density at radius 3 is 2.68 bits per heavy atom. The Morgan fingerprint density at radius 1 is 1.16 bits per heavy atom. The van der Waals surface area contributed by atoms with Gasteiger partial charge in [-0.15, -0.1) is 0 Å². The first-order chi connectivity index (χ1) is 9.04. The first kappa shape index (κ1) is 14.2. The van der Waals surface area contributed by atoms with Crippen LogP contribution in [0.15, 0.2) is 46.9 Å². The molecule has 2 rings (SSSR count). The quantitative estimate of drug-likeness (QED) is 0.900. The summed E-state index contributed by atoms with van der Waals surface area (Å²) in [6, 6.07) is 12.8. The number of aliphatic hydroxyl groups is 1. The Hall–Kier alpha value is -1.19. The van der Waals surface area contributed by atoms with Crippen molar-refractivity contribution in [1.29, 1.82) is 0 Å². The fraction of sp³-hybridized carbons (Fsp3) is 0.250. The van der Waals surface area contributed by atoms with Crippen LogP contribution in [-0.2, 0) is 12.8 Å². The van der Waals surface area contributed by atoms with Crippen molar-refractivity contribution in [3.8, 4) is 0 Å². The minimum absolute atomic E-state index is 0.272. The van der Waals surface area contributed by atoms with Crippen LogP contribution in [0.2, 0.25) is 0 Å². The van der Waals surface area contributed by atoms with Crippen molar-refractivity contribution in [1.82, 2.24) is 0 Å². The van der Waals surface area contributed by atoms with Crippen molar-refractivity contribution in [3.05, 3.63) is 69.4 Å². The van der Waals surface area contributed by atoms with E-state index in [0.29, 0.717) is 18.4 Å². The predicted octanol–water partition coefficient (Wildman–Crippen LogP) is 4.04. The lowest BCUT2D eigenvalue weighted by molar-refractivity contribution is 0.174. The van der Waals surface area contributed by atoms with E-state index in [1.807, 2.05) is 31.2 Å². The highest BCUT2D eigenvalue weighted by Gasteiger charge is 2.11. The number of halogens is 2. The van der Waals surface area contributed by atoms with Gasteiger partial charge in [-0.1, -0.05) is 45.8 Å². The molecule has 3 heteroatoms. The van der Waals surface area contributed by atoms with Gasteiger partial charge in [0.15, 0.2) is 0 Å². The molecule has 0 amide bonds. The third-order valence-electron chi connectivity index (χ3n) is 3.02. The molecule has 1 nitrogen and oxygen atoms in total. The molecule has 0 radical (unpaired) electrons. The van der Waals surface area contributed by atoms with Crippen LogP contribution >= 0.6 is 15.9 Å². The highest BCUT2D eigenvalue weighted by Crippen LogP contribution is 2.18. The number of aryl methyl sites for hydroxylation is 1. The van der Waals surface area contributed by atoms with Crippen LogP contribution in [0, 0.1) is 12.7 Å². The molecule has 0 bridgehead atoms. The van der Waals surface area contributed by atoms with Gasteiger partial charge in [-0.3, -0.25) is 0 Å². The van der Waals surface area contributed by atoms with Gasteiger partial charge >= 0.3 is 0 Å². The van der Waals surface area contributed by atoms with E-state index in [2.05, 4.69) is 15.9 Å². The van der Waals surface area contributed by atoms with Crippen molar-refractivity contribution in [3.63, 3.8) is 0 Å². The zero-order chi connectivity index (χ0) is 13.8. The molecular weight excluding hydrogens is 307 g/mol. The fourth-order valence-electron chi connectivity index (χ4n) is 2.14. The summed E-state index contributed by atoms with van der Waals surface area (Å²) < 4.78 is 14.4. The van der Waals surface area contributed by atoms with Crippen LogP contribution < -0.4 is 0 Å². The molecular formula is C16H16BrFO. The smallest absolute Gasteiger partial charge is 0.126 e. The lowest BCUT2D eigenvalue weighted by Gasteiger charge is -2.12. The van der Waals surface area contributed by atoms with Crippen LogP contribution in [0.25, 0.3) is 0 Å². The average molecular weight is 323 g/mol. The maximum atomic E-state index is 13.6. The Kier molecular flexibility index (Phi) is 4.72. The standard InChI is InChI=1S/C16H16BrFO/c1-11-3-2-4-12(7-11)8-15(19)10-13-9-14(17)5-6-16(13)18/h2-7,9,15,19H,8,10H2,1H3. The van der Waals surface area contributed by atoms with Gasteiger partial charge in [-0.25, -0.2) is 4.39 Å². The first-order valence-corrected chi connectivity index (χ1v) is 7.01. The molecule has 1 atom stereocenters. The molecule has 0 heterocycles. The Labute approximate surface area is 121 Å². The van der Waals surface area contributed by atoms with Crippen LogP contribution in [0.1, 0.15) is 16.7 Å². The van der Waals surface area contributed by atoms with Gasteiger partial charge in [0.2, 0.25) is 0 Å². The highest BCUT2D eigenvalue weighted by atomic mass is 79.9. The van der Waals surface area contributed by atoms with E-state index < -0.39 is 6.10 Å².